The first-order chi connectivity index (χ1) is 8.74. The Bertz CT molecular complexity index is 527. The third kappa shape index (κ3) is 2.40. The maximum absolute atomic E-state index is 4.26. The summed E-state index contributed by atoms with van der Waals surface area (Å²) < 4.78 is 0. The predicted octanol–water partition coefficient (Wildman–Crippen LogP) is 1.92. The van der Waals surface area contributed by atoms with Crippen molar-refractivity contribution in [2.24, 2.45) is 0 Å². The molecule has 1 unspecified atom stereocenters. The summed E-state index contributed by atoms with van der Waals surface area (Å²) in [6.45, 7) is 1.01. The number of imidazole rings is 1. The van der Waals surface area contributed by atoms with Crippen LogP contribution in [0.15, 0.2) is 24.5 Å². The normalized spacial score (nSPS) is 17.5. The van der Waals surface area contributed by atoms with Crippen LogP contribution in [-0.4, -0.2) is 41.5 Å². The van der Waals surface area contributed by atoms with Crippen molar-refractivity contribution in [2.75, 3.05) is 20.6 Å². The third-order valence-corrected chi connectivity index (χ3v) is 3.63. The van der Waals surface area contributed by atoms with Crippen molar-refractivity contribution in [3.63, 3.8) is 0 Å². The highest BCUT2D eigenvalue weighted by Gasteiger charge is 2.23. The average molecular weight is 244 g/mol. The van der Waals surface area contributed by atoms with E-state index in [2.05, 4.69) is 52.5 Å². The fraction of sp³-hybridized carbons (Fsp3) is 0.500. The van der Waals surface area contributed by atoms with Gasteiger partial charge < -0.3 is 15.2 Å². The lowest BCUT2D eigenvalue weighted by Crippen LogP contribution is -2.32. The molecule has 96 valence electrons. The van der Waals surface area contributed by atoms with E-state index in [1.165, 1.54) is 18.4 Å². The first-order valence-electron chi connectivity index (χ1n) is 6.57. The second-order valence-corrected chi connectivity index (χ2v) is 5.34. The molecule has 1 atom stereocenters. The molecule has 18 heavy (non-hydrogen) atoms. The number of hydrogen-bond acceptors (Lipinski definition) is 3. The van der Waals surface area contributed by atoms with Crippen LogP contribution in [-0.2, 0) is 0 Å². The molecule has 1 saturated carbocycles. The van der Waals surface area contributed by atoms with E-state index in [0.29, 0.717) is 6.04 Å². The summed E-state index contributed by atoms with van der Waals surface area (Å²) in [4.78, 5) is 9.72. The van der Waals surface area contributed by atoms with Crippen molar-refractivity contribution in [1.29, 1.82) is 0 Å². The van der Waals surface area contributed by atoms with Crippen molar-refractivity contribution in [1.82, 2.24) is 20.2 Å². The maximum atomic E-state index is 4.26. The Morgan fingerprint density at radius 3 is 3.00 bits per heavy atom. The van der Waals surface area contributed by atoms with Gasteiger partial charge in [0.2, 0.25) is 0 Å². The van der Waals surface area contributed by atoms with E-state index in [1.807, 2.05) is 0 Å². The van der Waals surface area contributed by atoms with Crippen LogP contribution >= 0.6 is 0 Å². The van der Waals surface area contributed by atoms with Crippen LogP contribution in [0.4, 0.5) is 0 Å². The Morgan fingerprint density at radius 2 is 2.28 bits per heavy atom. The summed E-state index contributed by atoms with van der Waals surface area (Å²) in [5.74, 6) is 0. The Morgan fingerprint density at radius 1 is 1.44 bits per heavy atom. The Balaban J connectivity index is 1.82. The second-order valence-electron chi connectivity index (χ2n) is 5.34. The van der Waals surface area contributed by atoms with Gasteiger partial charge in [0.25, 0.3) is 0 Å². The minimum absolute atomic E-state index is 0.415. The molecular weight excluding hydrogens is 224 g/mol. The van der Waals surface area contributed by atoms with E-state index in [4.69, 9.17) is 0 Å². The van der Waals surface area contributed by atoms with Crippen LogP contribution in [0.5, 0.6) is 0 Å². The number of nitrogens with one attached hydrogen (secondary N) is 2. The molecule has 2 aromatic rings. The quantitative estimate of drug-likeness (QED) is 0.844. The van der Waals surface area contributed by atoms with Gasteiger partial charge in [-0.05, 0) is 44.6 Å². The predicted molar refractivity (Wildman–Crippen MR) is 73.5 cm³/mol. The molecular formula is C14H20N4. The van der Waals surface area contributed by atoms with Gasteiger partial charge in [-0.2, -0.15) is 0 Å². The summed E-state index contributed by atoms with van der Waals surface area (Å²) in [7, 11) is 4.27. The highest BCUT2D eigenvalue weighted by molar-refractivity contribution is 5.75. The lowest BCUT2D eigenvalue weighted by Gasteiger charge is -2.25. The molecule has 0 radical (unpaired) electrons. The van der Waals surface area contributed by atoms with Crippen molar-refractivity contribution in [3.8, 4) is 0 Å². The first kappa shape index (κ1) is 11.7. The van der Waals surface area contributed by atoms with E-state index >= 15 is 0 Å². The zero-order valence-corrected chi connectivity index (χ0v) is 11.0. The van der Waals surface area contributed by atoms with Gasteiger partial charge in [0.1, 0.15) is 0 Å². The van der Waals surface area contributed by atoms with Gasteiger partial charge in [0.15, 0.2) is 0 Å². The molecule has 0 spiro atoms. The fourth-order valence-corrected chi connectivity index (χ4v) is 2.32. The molecule has 0 aliphatic heterocycles. The Labute approximate surface area is 107 Å². The van der Waals surface area contributed by atoms with Crippen molar-refractivity contribution in [3.05, 3.63) is 30.1 Å². The molecule has 0 amide bonds. The zero-order chi connectivity index (χ0) is 12.5. The molecule has 1 aromatic carbocycles. The van der Waals surface area contributed by atoms with E-state index in [0.717, 1.165) is 23.6 Å². The number of nitrogens with zero attached hydrogens (tertiary/aromatic N) is 2. The van der Waals surface area contributed by atoms with Gasteiger partial charge in [0, 0.05) is 18.6 Å². The number of likely N-dealkylation sites (N-methyl/N-ethyl adjacent to an activating group) is 1. The number of fused-ring (bicyclic) bond motifs is 1. The molecule has 2 N–H and O–H groups in total. The summed E-state index contributed by atoms with van der Waals surface area (Å²) in [5.41, 5.74) is 3.49. The number of aromatic nitrogens is 2. The van der Waals surface area contributed by atoms with Gasteiger partial charge in [-0.25, -0.2) is 4.98 Å². The maximum Gasteiger partial charge on any atom is 0.0931 e. The molecule has 4 heteroatoms. The minimum atomic E-state index is 0.415. The zero-order valence-electron chi connectivity index (χ0n) is 11.0. The van der Waals surface area contributed by atoms with Gasteiger partial charge in [-0.15, -0.1) is 0 Å². The number of benzene rings is 1. The fourth-order valence-electron chi connectivity index (χ4n) is 2.32. The van der Waals surface area contributed by atoms with Crippen molar-refractivity contribution in [2.45, 2.75) is 24.9 Å². The van der Waals surface area contributed by atoms with Crippen LogP contribution < -0.4 is 5.32 Å². The van der Waals surface area contributed by atoms with E-state index in [-0.39, 0.29) is 0 Å². The standard InChI is InChI=1S/C14H20N4/c1-18(2)14(8-15-11-4-5-11)10-3-6-12-13(7-10)17-9-16-12/h3,6-7,9,11,14-15H,4-5,8H2,1-2H3,(H,16,17). The molecule has 1 aromatic heterocycles. The average Bonchev–Trinajstić information content (AvgIpc) is 3.05. The Kier molecular flexibility index (Phi) is 3.06. The lowest BCUT2D eigenvalue weighted by atomic mass is 10.1. The van der Waals surface area contributed by atoms with Crippen LogP contribution in [0, 0.1) is 0 Å². The molecule has 1 aliphatic carbocycles. The highest BCUT2D eigenvalue weighted by Crippen LogP contribution is 2.24. The third-order valence-electron chi connectivity index (χ3n) is 3.63. The summed E-state index contributed by atoms with van der Waals surface area (Å²) in [6.07, 6.45) is 4.42. The summed E-state index contributed by atoms with van der Waals surface area (Å²) in [5, 5.41) is 3.61. The first-order valence-corrected chi connectivity index (χ1v) is 6.57. The monoisotopic (exact) mass is 244 g/mol. The highest BCUT2D eigenvalue weighted by atomic mass is 15.1. The largest absolute Gasteiger partial charge is 0.345 e. The van der Waals surface area contributed by atoms with Crippen LogP contribution in [0.25, 0.3) is 11.0 Å². The number of hydrogen-bond donors (Lipinski definition) is 2. The van der Waals surface area contributed by atoms with Gasteiger partial charge >= 0.3 is 0 Å². The number of aromatic amines is 1. The van der Waals surface area contributed by atoms with Crippen molar-refractivity contribution < 1.29 is 0 Å². The second kappa shape index (κ2) is 4.71. The van der Waals surface area contributed by atoms with Gasteiger partial charge in [0.05, 0.1) is 17.4 Å². The number of H-pyrrole nitrogens is 1. The molecule has 0 bridgehead atoms. The van der Waals surface area contributed by atoms with Crippen LogP contribution in [0.2, 0.25) is 0 Å². The lowest BCUT2D eigenvalue weighted by molar-refractivity contribution is 0.288. The minimum Gasteiger partial charge on any atom is -0.345 e. The van der Waals surface area contributed by atoms with Crippen LogP contribution in [0.3, 0.4) is 0 Å². The number of rotatable bonds is 5. The summed E-state index contributed by atoms with van der Waals surface area (Å²) >= 11 is 0. The molecule has 4 nitrogen and oxygen atoms in total. The molecule has 1 fully saturated rings. The smallest absolute Gasteiger partial charge is 0.0931 e. The van der Waals surface area contributed by atoms with E-state index in [1.54, 1.807) is 6.33 Å². The van der Waals surface area contributed by atoms with Gasteiger partial charge in [-0.3, -0.25) is 0 Å². The van der Waals surface area contributed by atoms with E-state index < -0.39 is 0 Å². The Hall–Kier alpha value is -1.39. The van der Waals surface area contributed by atoms with E-state index in [9.17, 15) is 0 Å². The molecule has 0 saturated heterocycles. The molecule has 1 aliphatic rings. The molecule has 1 heterocycles. The van der Waals surface area contributed by atoms with Crippen LogP contribution in [0.1, 0.15) is 24.4 Å². The van der Waals surface area contributed by atoms with Gasteiger partial charge in [-0.1, -0.05) is 6.07 Å². The molecule has 3 rings (SSSR count). The SMILES string of the molecule is CN(C)C(CNC1CC1)c1ccc2nc[nH]c2c1. The van der Waals surface area contributed by atoms with Crippen molar-refractivity contribution >= 4 is 11.0 Å². The summed E-state index contributed by atoms with van der Waals surface area (Å²) in [6, 6.07) is 7.65. The topological polar surface area (TPSA) is 44.0 Å².